The van der Waals surface area contributed by atoms with Crippen LogP contribution in [0.2, 0.25) is 5.15 Å². The van der Waals surface area contributed by atoms with E-state index in [-0.39, 0.29) is 23.0 Å². The molecule has 1 rings (SSSR count). The zero-order valence-corrected chi connectivity index (χ0v) is 7.72. The van der Waals surface area contributed by atoms with Crippen LogP contribution < -0.4 is 5.73 Å². The van der Waals surface area contributed by atoms with Crippen LogP contribution in [0, 0.1) is 11.3 Å². The number of nitrogens with two attached hydrogens (primary N) is 1. The Hall–Kier alpha value is -1.41. The summed E-state index contributed by atoms with van der Waals surface area (Å²) in [7, 11) is 0. The van der Waals surface area contributed by atoms with E-state index >= 15 is 0 Å². The number of pyridine rings is 1. The van der Waals surface area contributed by atoms with Gasteiger partial charge in [-0.25, -0.2) is 13.8 Å². The molecule has 0 atom stereocenters. The molecule has 14 heavy (non-hydrogen) atoms. The number of aromatic nitrogens is 1. The number of hydrogen-bond acceptors (Lipinski definition) is 3. The number of anilines is 1. The van der Waals surface area contributed by atoms with Crippen molar-refractivity contribution in [2.75, 3.05) is 5.73 Å². The van der Waals surface area contributed by atoms with Gasteiger partial charge in [0.05, 0.1) is 23.7 Å². The third kappa shape index (κ3) is 2.09. The van der Waals surface area contributed by atoms with Crippen molar-refractivity contribution in [3.05, 3.63) is 22.5 Å². The minimum absolute atomic E-state index is 0.0113. The van der Waals surface area contributed by atoms with Crippen molar-refractivity contribution < 1.29 is 8.78 Å². The maximum absolute atomic E-state index is 12.5. The highest BCUT2D eigenvalue weighted by Gasteiger charge is 2.18. The Balaban J connectivity index is 3.30. The third-order valence-electron chi connectivity index (χ3n) is 1.60. The van der Waals surface area contributed by atoms with Gasteiger partial charge in [-0.2, -0.15) is 5.26 Å². The average Bonchev–Trinajstić information content (AvgIpc) is 2.01. The SMILES string of the molecule is N#CCc1nc(Cl)cc(N)c1C(F)F. The summed E-state index contributed by atoms with van der Waals surface area (Å²) in [6, 6.07) is 2.87. The molecule has 0 fully saturated rings. The number of rotatable bonds is 2. The lowest BCUT2D eigenvalue weighted by atomic mass is 10.1. The van der Waals surface area contributed by atoms with Crippen LogP contribution >= 0.6 is 11.6 Å². The van der Waals surface area contributed by atoms with E-state index in [9.17, 15) is 8.78 Å². The van der Waals surface area contributed by atoms with E-state index in [0.717, 1.165) is 6.07 Å². The van der Waals surface area contributed by atoms with Crippen LogP contribution in [0.15, 0.2) is 6.07 Å². The zero-order chi connectivity index (χ0) is 10.7. The molecule has 0 saturated carbocycles. The predicted octanol–water partition coefficient (Wildman–Crippen LogP) is 2.32. The second kappa shape index (κ2) is 4.20. The van der Waals surface area contributed by atoms with Crippen LogP contribution in [0.5, 0.6) is 0 Å². The number of nitrogens with zero attached hydrogens (tertiary/aromatic N) is 2. The molecule has 6 heteroatoms. The van der Waals surface area contributed by atoms with Gasteiger partial charge in [0.25, 0.3) is 6.43 Å². The number of nitriles is 1. The molecule has 0 bridgehead atoms. The van der Waals surface area contributed by atoms with Crippen molar-refractivity contribution in [2.24, 2.45) is 0 Å². The van der Waals surface area contributed by atoms with E-state index in [1.165, 1.54) is 0 Å². The molecule has 3 nitrogen and oxygen atoms in total. The van der Waals surface area contributed by atoms with Crippen LogP contribution in [-0.2, 0) is 6.42 Å². The first-order chi connectivity index (χ1) is 6.56. The Labute approximate surface area is 84.1 Å². The highest BCUT2D eigenvalue weighted by Crippen LogP contribution is 2.29. The molecule has 0 spiro atoms. The molecule has 1 aromatic rings. The van der Waals surface area contributed by atoms with Crippen molar-refractivity contribution >= 4 is 17.3 Å². The van der Waals surface area contributed by atoms with E-state index in [2.05, 4.69) is 4.98 Å². The van der Waals surface area contributed by atoms with Gasteiger partial charge in [0.1, 0.15) is 5.15 Å². The Morgan fingerprint density at radius 1 is 1.64 bits per heavy atom. The monoisotopic (exact) mass is 217 g/mol. The Morgan fingerprint density at radius 2 is 2.29 bits per heavy atom. The fraction of sp³-hybridized carbons (Fsp3) is 0.250. The van der Waals surface area contributed by atoms with Gasteiger partial charge in [-0.15, -0.1) is 0 Å². The molecule has 1 aromatic heterocycles. The number of hydrogen-bond donors (Lipinski definition) is 1. The molecule has 0 unspecified atom stereocenters. The molecule has 0 amide bonds. The van der Waals surface area contributed by atoms with Crippen molar-refractivity contribution in [3.8, 4) is 6.07 Å². The van der Waals surface area contributed by atoms with Gasteiger partial charge in [-0.05, 0) is 6.07 Å². The smallest absolute Gasteiger partial charge is 0.267 e. The highest BCUT2D eigenvalue weighted by atomic mass is 35.5. The predicted molar refractivity (Wildman–Crippen MR) is 47.9 cm³/mol. The molecule has 0 aliphatic carbocycles. The molecule has 0 radical (unpaired) electrons. The van der Waals surface area contributed by atoms with Gasteiger partial charge >= 0.3 is 0 Å². The summed E-state index contributed by atoms with van der Waals surface area (Å²) < 4.78 is 24.9. The standard InChI is InChI=1S/C8H6ClF2N3/c9-6-3-4(13)7(8(10)11)5(14-6)1-2-12/h3,8H,1H2,(H2,13,14). The summed E-state index contributed by atoms with van der Waals surface area (Å²) in [6.45, 7) is 0. The maximum atomic E-state index is 12.5. The average molecular weight is 218 g/mol. The van der Waals surface area contributed by atoms with Gasteiger partial charge in [0, 0.05) is 5.69 Å². The van der Waals surface area contributed by atoms with Gasteiger partial charge < -0.3 is 5.73 Å². The molecule has 0 saturated heterocycles. The maximum Gasteiger partial charge on any atom is 0.267 e. The van der Waals surface area contributed by atoms with Crippen molar-refractivity contribution in [3.63, 3.8) is 0 Å². The second-order valence-electron chi connectivity index (χ2n) is 2.53. The van der Waals surface area contributed by atoms with Gasteiger partial charge in [0.2, 0.25) is 0 Å². The Morgan fingerprint density at radius 3 is 2.79 bits per heavy atom. The fourth-order valence-electron chi connectivity index (χ4n) is 1.06. The van der Waals surface area contributed by atoms with Crippen LogP contribution in [0.4, 0.5) is 14.5 Å². The highest BCUT2D eigenvalue weighted by molar-refractivity contribution is 6.29. The van der Waals surface area contributed by atoms with Crippen LogP contribution in [0.25, 0.3) is 0 Å². The van der Waals surface area contributed by atoms with E-state index < -0.39 is 12.0 Å². The molecule has 0 aliphatic rings. The topological polar surface area (TPSA) is 62.7 Å². The van der Waals surface area contributed by atoms with Crippen molar-refractivity contribution in [2.45, 2.75) is 12.8 Å². The van der Waals surface area contributed by atoms with Crippen LogP contribution in [0.1, 0.15) is 17.7 Å². The van der Waals surface area contributed by atoms with E-state index in [1.807, 2.05) is 0 Å². The van der Waals surface area contributed by atoms with E-state index in [0.29, 0.717) is 0 Å². The van der Waals surface area contributed by atoms with Crippen molar-refractivity contribution in [1.29, 1.82) is 5.26 Å². The molecule has 2 N–H and O–H groups in total. The summed E-state index contributed by atoms with van der Waals surface area (Å²) in [5.74, 6) is 0. The summed E-state index contributed by atoms with van der Waals surface area (Å²) in [5.41, 5.74) is 4.74. The molecular formula is C8H6ClF2N3. The van der Waals surface area contributed by atoms with Crippen molar-refractivity contribution in [1.82, 2.24) is 4.98 Å². The summed E-state index contributed by atoms with van der Waals surface area (Å²) in [4.78, 5) is 3.63. The summed E-state index contributed by atoms with van der Waals surface area (Å²) >= 11 is 5.52. The first kappa shape index (κ1) is 10.7. The lowest BCUT2D eigenvalue weighted by molar-refractivity contribution is 0.151. The molecular weight excluding hydrogens is 212 g/mol. The first-order valence-electron chi connectivity index (χ1n) is 3.66. The lowest BCUT2D eigenvalue weighted by Gasteiger charge is -2.08. The molecule has 0 aliphatic heterocycles. The lowest BCUT2D eigenvalue weighted by Crippen LogP contribution is -2.03. The number of halogens is 3. The largest absolute Gasteiger partial charge is 0.398 e. The van der Waals surface area contributed by atoms with Gasteiger partial charge in [0.15, 0.2) is 0 Å². The number of alkyl halides is 2. The summed E-state index contributed by atoms with van der Waals surface area (Å²) in [6.07, 6.45) is -2.98. The van der Waals surface area contributed by atoms with E-state index in [4.69, 9.17) is 22.6 Å². The van der Waals surface area contributed by atoms with E-state index in [1.54, 1.807) is 6.07 Å². The quantitative estimate of drug-likeness (QED) is 0.774. The minimum atomic E-state index is -2.75. The second-order valence-corrected chi connectivity index (χ2v) is 2.92. The molecule has 1 heterocycles. The zero-order valence-electron chi connectivity index (χ0n) is 6.97. The molecule has 0 aromatic carbocycles. The minimum Gasteiger partial charge on any atom is -0.398 e. The Kier molecular flexibility index (Phi) is 3.20. The fourth-order valence-corrected chi connectivity index (χ4v) is 1.28. The summed E-state index contributed by atoms with van der Waals surface area (Å²) in [5, 5.41) is 8.40. The number of nitrogen functional groups attached to an aromatic ring is 1. The first-order valence-corrected chi connectivity index (χ1v) is 4.04. The van der Waals surface area contributed by atoms with Gasteiger partial charge in [-0.1, -0.05) is 11.6 Å². The third-order valence-corrected chi connectivity index (χ3v) is 1.80. The van der Waals surface area contributed by atoms with Gasteiger partial charge in [-0.3, -0.25) is 0 Å². The Bertz CT molecular complexity index is 387. The normalized spacial score (nSPS) is 10.2. The van der Waals surface area contributed by atoms with Crippen LogP contribution in [-0.4, -0.2) is 4.98 Å². The molecule has 74 valence electrons. The van der Waals surface area contributed by atoms with Crippen LogP contribution in [0.3, 0.4) is 0 Å².